The van der Waals surface area contributed by atoms with Gasteiger partial charge in [-0.25, -0.2) is 13.2 Å². The fraction of sp³-hybridized carbons (Fsp3) is 0.500. The van der Waals surface area contributed by atoms with Gasteiger partial charge >= 0.3 is 12.0 Å². The largest absolute Gasteiger partial charge is 0.508 e. The quantitative estimate of drug-likeness (QED) is 0.222. The molecule has 0 radical (unpaired) electrons. The fourth-order valence-electron chi connectivity index (χ4n) is 8.12. The summed E-state index contributed by atoms with van der Waals surface area (Å²) in [5.41, 5.74) is 0.0966. The van der Waals surface area contributed by atoms with Crippen LogP contribution in [0.15, 0.2) is 30.5 Å². The van der Waals surface area contributed by atoms with Crippen LogP contribution in [0.5, 0.6) is 11.8 Å². The number of aromatic hydroxyl groups is 1. The van der Waals surface area contributed by atoms with Crippen LogP contribution in [0.4, 0.5) is 19.0 Å². The molecule has 2 atom stereocenters. The molecule has 7 rings (SSSR count). The molecule has 12 heteroatoms. The van der Waals surface area contributed by atoms with Gasteiger partial charge in [0.05, 0.1) is 24.0 Å². The maximum atomic E-state index is 16.9. The summed E-state index contributed by atoms with van der Waals surface area (Å²) >= 11 is 0. The first-order chi connectivity index (χ1) is 23.2. The number of phenolic OH excluding ortho intramolecular Hbond substituents is 1. The smallest absolute Gasteiger partial charge is 0.319 e. The van der Waals surface area contributed by atoms with Gasteiger partial charge in [-0.1, -0.05) is 13.0 Å². The van der Waals surface area contributed by atoms with Crippen molar-refractivity contribution in [1.82, 2.24) is 19.9 Å². The summed E-state index contributed by atoms with van der Waals surface area (Å²) < 4.78 is 57.6. The lowest BCUT2D eigenvalue weighted by Gasteiger charge is -2.31. The first kappa shape index (κ1) is 32.4. The van der Waals surface area contributed by atoms with Crippen molar-refractivity contribution < 1.29 is 32.5 Å². The fourth-order valence-corrected chi connectivity index (χ4v) is 8.12. The molecule has 3 aliphatic heterocycles. The number of pyridine rings is 1. The maximum Gasteiger partial charge on any atom is 0.319 e. The van der Waals surface area contributed by atoms with E-state index in [9.17, 15) is 18.7 Å². The molecule has 254 valence electrons. The van der Waals surface area contributed by atoms with E-state index < -0.39 is 23.3 Å². The van der Waals surface area contributed by atoms with Crippen molar-refractivity contribution in [2.24, 2.45) is 5.92 Å². The van der Waals surface area contributed by atoms with E-state index in [1.54, 1.807) is 6.07 Å². The number of aromatic nitrogens is 3. The number of fused-ring (bicyclic) bond motifs is 3. The molecule has 4 aromatic rings. The maximum absolute atomic E-state index is 16.9. The summed E-state index contributed by atoms with van der Waals surface area (Å²) in [5, 5.41) is 12.0. The van der Waals surface area contributed by atoms with Crippen molar-refractivity contribution in [3.63, 3.8) is 0 Å². The zero-order chi connectivity index (χ0) is 33.6. The van der Waals surface area contributed by atoms with E-state index in [4.69, 9.17) is 14.5 Å². The molecule has 0 saturated carbocycles. The lowest BCUT2D eigenvalue weighted by atomic mass is 9.94. The van der Waals surface area contributed by atoms with Crippen LogP contribution in [0.3, 0.4) is 0 Å². The second-order valence-corrected chi connectivity index (χ2v) is 13.3. The number of aryl methyl sites for hydroxylation is 1. The SMILES string of the molecule is CCc1c(F)ccc2cc(O)cc(-c3ncc4c(N5CCCC(C(=O)OC)CCC5)nc(OC[C@@]56CCCN5C[C@H](F)C6)nc4c3F)c12. The van der Waals surface area contributed by atoms with Crippen molar-refractivity contribution in [3.05, 3.63) is 47.7 Å². The molecule has 0 spiro atoms. The van der Waals surface area contributed by atoms with Crippen molar-refractivity contribution >= 4 is 33.5 Å². The second kappa shape index (κ2) is 13.0. The molecule has 0 bridgehead atoms. The van der Waals surface area contributed by atoms with Crippen molar-refractivity contribution in [2.45, 2.75) is 70.0 Å². The Morgan fingerprint density at radius 3 is 2.65 bits per heavy atom. The van der Waals surface area contributed by atoms with Gasteiger partial charge in [-0.2, -0.15) is 9.97 Å². The number of carbonyl (C=O) groups excluding carboxylic acids is 1. The number of carbonyl (C=O) groups is 1. The van der Waals surface area contributed by atoms with Crippen LogP contribution in [-0.2, 0) is 16.0 Å². The van der Waals surface area contributed by atoms with Crippen LogP contribution >= 0.6 is 0 Å². The molecule has 9 nitrogen and oxygen atoms in total. The van der Waals surface area contributed by atoms with Crippen molar-refractivity contribution in [1.29, 1.82) is 0 Å². The summed E-state index contributed by atoms with van der Waals surface area (Å²) in [4.78, 5) is 30.3. The lowest BCUT2D eigenvalue weighted by molar-refractivity contribution is -0.146. The van der Waals surface area contributed by atoms with E-state index >= 15 is 4.39 Å². The van der Waals surface area contributed by atoms with Crippen LogP contribution in [0.2, 0.25) is 0 Å². The molecule has 2 aromatic heterocycles. The molecule has 5 heterocycles. The number of phenols is 1. The number of halogens is 3. The Hall–Kier alpha value is -4.19. The molecule has 1 N–H and O–H groups in total. The summed E-state index contributed by atoms with van der Waals surface area (Å²) in [6, 6.07) is 5.80. The number of anilines is 1. The van der Waals surface area contributed by atoms with Gasteiger partial charge < -0.3 is 19.5 Å². The number of ether oxygens (including phenoxy) is 2. The normalized spacial score (nSPS) is 22.2. The number of rotatable bonds is 7. The van der Waals surface area contributed by atoms with Gasteiger partial charge in [-0.3, -0.25) is 14.7 Å². The third-order valence-corrected chi connectivity index (χ3v) is 10.4. The van der Waals surface area contributed by atoms with Gasteiger partial charge in [0.2, 0.25) is 0 Å². The molecule has 3 saturated heterocycles. The molecule has 3 aliphatic rings. The molecule has 0 amide bonds. The van der Waals surface area contributed by atoms with E-state index in [-0.39, 0.29) is 47.0 Å². The molecule has 2 aromatic carbocycles. The Kier molecular flexibility index (Phi) is 8.78. The highest BCUT2D eigenvalue weighted by molar-refractivity contribution is 6.01. The number of hydrogen-bond donors (Lipinski definition) is 1. The minimum Gasteiger partial charge on any atom is -0.508 e. The summed E-state index contributed by atoms with van der Waals surface area (Å²) in [7, 11) is 1.40. The predicted octanol–water partition coefficient (Wildman–Crippen LogP) is 6.52. The monoisotopic (exact) mass is 663 g/mol. The summed E-state index contributed by atoms with van der Waals surface area (Å²) in [6.07, 6.45) is 5.72. The van der Waals surface area contributed by atoms with E-state index in [1.165, 1.54) is 31.5 Å². The van der Waals surface area contributed by atoms with E-state index in [1.807, 2.05) is 11.8 Å². The van der Waals surface area contributed by atoms with Crippen molar-refractivity contribution in [2.75, 3.05) is 44.8 Å². The lowest BCUT2D eigenvalue weighted by Crippen LogP contribution is -2.43. The summed E-state index contributed by atoms with van der Waals surface area (Å²) in [6.45, 7) is 4.28. The first-order valence-corrected chi connectivity index (χ1v) is 16.9. The topological polar surface area (TPSA) is 101 Å². The average Bonchev–Trinajstić information content (AvgIpc) is 3.59. The number of nitrogens with zero attached hydrogens (tertiary/aromatic N) is 5. The van der Waals surface area contributed by atoms with E-state index in [0.29, 0.717) is 85.7 Å². The Balaban J connectivity index is 1.33. The number of methoxy groups -OCH3 is 1. The number of alkyl halides is 1. The van der Waals surface area contributed by atoms with E-state index in [0.717, 1.165) is 19.4 Å². The number of hydrogen-bond acceptors (Lipinski definition) is 9. The van der Waals surface area contributed by atoms with Crippen LogP contribution < -0.4 is 9.64 Å². The standard InChI is InChI=1S/C36H40F3N5O4/c1-3-25-28(38)10-9-22-15-24(45)16-26(29(22)25)31-30(39)32-27(18-40-31)33(43-12-4-7-21(8-5-13-43)34(46)47-2)42-35(41-32)48-20-36-11-6-14-44(36)19-23(37)17-36/h9-10,15-16,18,21,23,45H,3-8,11-14,17,19-20H2,1-2H3/t23-,36+/m1/s1. The van der Waals surface area contributed by atoms with E-state index in [2.05, 4.69) is 14.9 Å². The van der Waals surface area contributed by atoms with Crippen LogP contribution in [0.25, 0.3) is 32.9 Å². The highest BCUT2D eigenvalue weighted by atomic mass is 19.1. The summed E-state index contributed by atoms with van der Waals surface area (Å²) in [5.74, 6) is -1.20. The number of benzene rings is 2. The minimum atomic E-state index is -0.933. The molecular weight excluding hydrogens is 623 g/mol. The van der Waals surface area contributed by atoms with Crippen LogP contribution in [-0.4, -0.2) is 82.5 Å². The van der Waals surface area contributed by atoms with Gasteiger partial charge in [0.25, 0.3) is 0 Å². The Morgan fingerprint density at radius 2 is 1.90 bits per heavy atom. The van der Waals surface area contributed by atoms with Gasteiger partial charge in [0.1, 0.15) is 41.4 Å². The van der Waals surface area contributed by atoms with Gasteiger partial charge in [0.15, 0.2) is 5.82 Å². The predicted molar refractivity (Wildman–Crippen MR) is 176 cm³/mol. The second-order valence-electron chi connectivity index (χ2n) is 13.3. The first-order valence-electron chi connectivity index (χ1n) is 16.9. The molecule has 0 unspecified atom stereocenters. The van der Waals surface area contributed by atoms with Crippen molar-refractivity contribution in [3.8, 4) is 23.0 Å². The van der Waals surface area contributed by atoms with Gasteiger partial charge in [-0.15, -0.1) is 0 Å². The Morgan fingerprint density at radius 1 is 1.10 bits per heavy atom. The Bertz CT molecular complexity index is 1870. The average molecular weight is 664 g/mol. The molecular formula is C36H40F3N5O4. The molecule has 48 heavy (non-hydrogen) atoms. The minimum absolute atomic E-state index is 0.0176. The molecule has 3 fully saturated rings. The Labute approximate surface area is 277 Å². The number of esters is 1. The third kappa shape index (κ3) is 5.77. The highest BCUT2D eigenvalue weighted by Gasteiger charge is 2.49. The van der Waals surface area contributed by atoms with Crippen LogP contribution in [0, 0.1) is 17.6 Å². The van der Waals surface area contributed by atoms with Gasteiger partial charge in [-0.05, 0) is 86.0 Å². The van der Waals surface area contributed by atoms with Gasteiger partial charge in [0, 0.05) is 37.8 Å². The zero-order valence-corrected chi connectivity index (χ0v) is 27.3. The highest BCUT2D eigenvalue weighted by Crippen LogP contribution is 2.42. The van der Waals surface area contributed by atoms with Crippen LogP contribution in [0.1, 0.15) is 57.4 Å². The zero-order valence-electron chi connectivity index (χ0n) is 27.3. The molecule has 0 aliphatic carbocycles. The third-order valence-electron chi connectivity index (χ3n) is 10.4.